The summed E-state index contributed by atoms with van der Waals surface area (Å²) in [5.41, 5.74) is 4.14. The van der Waals surface area contributed by atoms with Crippen LogP contribution in [0.1, 0.15) is 52.4 Å². The topological polar surface area (TPSA) is 61.9 Å². The Morgan fingerprint density at radius 2 is 1.66 bits per heavy atom. The van der Waals surface area contributed by atoms with Gasteiger partial charge in [0.05, 0.1) is 6.04 Å². The third kappa shape index (κ3) is 5.29. The summed E-state index contributed by atoms with van der Waals surface area (Å²) < 4.78 is 5.60. The maximum absolute atomic E-state index is 13.2. The molecule has 5 rings (SSSR count). The molecule has 3 aliphatic rings. The molecule has 0 spiro atoms. The number of aryl methyl sites for hydroxylation is 2. The van der Waals surface area contributed by atoms with Crippen LogP contribution >= 0.6 is 0 Å². The minimum atomic E-state index is -0.312. The maximum Gasteiger partial charge on any atom is 0.254 e. The average molecular weight is 476 g/mol. The maximum atomic E-state index is 13.2. The molecule has 0 aliphatic carbocycles. The number of likely N-dealkylation sites (tertiary alicyclic amines) is 2. The van der Waals surface area contributed by atoms with E-state index in [1.165, 1.54) is 0 Å². The van der Waals surface area contributed by atoms with Crippen LogP contribution in [0.15, 0.2) is 48.5 Å². The lowest BCUT2D eigenvalue weighted by Crippen LogP contribution is -2.39. The number of rotatable bonds is 7. The summed E-state index contributed by atoms with van der Waals surface area (Å²) >= 11 is 0. The van der Waals surface area contributed by atoms with E-state index in [0.717, 1.165) is 74.2 Å². The van der Waals surface area contributed by atoms with Crippen LogP contribution in [-0.2, 0) is 9.53 Å². The average Bonchev–Trinajstić information content (AvgIpc) is 3.59. The highest BCUT2D eigenvalue weighted by Gasteiger charge is 2.42. The molecule has 3 aliphatic heterocycles. The molecule has 2 aromatic carbocycles. The lowest BCUT2D eigenvalue weighted by molar-refractivity contribution is -0.130. The highest BCUT2D eigenvalue weighted by molar-refractivity contribution is 5.97. The quantitative estimate of drug-likeness (QED) is 0.663. The highest BCUT2D eigenvalue weighted by Crippen LogP contribution is 2.33. The van der Waals surface area contributed by atoms with Crippen molar-refractivity contribution < 1.29 is 14.3 Å². The molecule has 3 heterocycles. The first-order chi connectivity index (χ1) is 17.0. The van der Waals surface area contributed by atoms with Gasteiger partial charge in [0, 0.05) is 44.9 Å². The molecule has 4 atom stereocenters. The van der Waals surface area contributed by atoms with Gasteiger partial charge in [-0.2, -0.15) is 0 Å². The van der Waals surface area contributed by atoms with E-state index in [1.54, 1.807) is 0 Å². The lowest BCUT2D eigenvalue weighted by Gasteiger charge is -2.26. The second kappa shape index (κ2) is 10.5. The Balaban J connectivity index is 1.17. The molecule has 6 heteroatoms. The van der Waals surface area contributed by atoms with Crippen molar-refractivity contribution in [3.05, 3.63) is 70.8 Å². The van der Waals surface area contributed by atoms with Gasteiger partial charge < -0.3 is 19.9 Å². The van der Waals surface area contributed by atoms with Gasteiger partial charge in [-0.15, -0.1) is 0 Å². The van der Waals surface area contributed by atoms with Gasteiger partial charge in [-0.1, -0.05) is 48.5 Å². The van der Waals surface area contributed by atoms with Gasteiger partial charge in [0.1, 0.15) is 6.10 Å². The van der Waals surface area contributed by atoms with E-state index >= 15 is 0 Å². The van der Waals surface area contributed by atoms with Crippen molar-refractivity contribution in [2.45, 2.75) is 45.3 Å². The summed E-state index contributed by atoms with van der Waals surface area (Å²) in [4.78, 5) is 30.6. The number of hydrogen-bond acceptors (Lipinski definition) is 4. The van der Waals surface area contributed by atoms with Gasteiger partial charge in [-0.05, 0) is 61.6 Å². The van der Waals surface area contributed by atoms with Crippen LogP contribution in [0.4, 0.5) is 0 Å². The van der Waals surface area contributed by atoms with Crippen molar-refractivity contribution in [2.24, 2.45) is 11.8 Å². The Kier molecular flexibility index (Phi) is 7.21. The first-order valence-corrected chi connectivity index (χ1v) is 13.0. The van der Waals surface area contributed by atoms with E-state index in [9.17, 15) is 9.59 Å². The number of nitrogens with one attached hydrogen (secondary N) is 1. The Labute approximate surface area is 208 Å². The molecule has 1 N–H and O–H groups in total. The molecule has 0 bridgehead atoms. The Hall–Kier alpha value is -2.70. The number of nitrogens with zero attached hydrogens (tertiary/aromatic N) is 2. The Morgan fingerprint density at radius 1 is 0.971 bits per heavy atom. The van der Waals surface area contributed by atoms with E-state index in [2.05, 4.69) is 27.2 Å². The van der Waals surface area contributed by atoms with Crippen LogP contribution < -0.4 is 5.32 Å². The molecule has 2 amide bonds. The van der Waals surface area contributed by atoms with Crippen molar-refractivity contribution in [1.29, 1.82) is 0 Å². The zero-order chi connectivity index (χ0) is 24.4. The Bertz CT molecular complexity index is 1020. The normalized spacial score (nSPS) is 25.0. The molecule has 3 fully saturated rings. The van der Waals surface area contributed by atoms with Gasteiger partial charge in [-0.25, -0.2) is 0 Å². The first-order valence-electron chi connectivity index (χ1n) is 13.0. The Morgan fingerprint density at radius 3 is 2.29 bits per heavy atom. The standard InChI is InChI=1S/C29H37N3O3/c1-20-8-6-9-21(2)27(20)29(34)32-18-23-16-31(17-24(23)19-32)14-13-25(22-10-4-3-5-11-22)30-28(33)26-12-7-15-35-26/h3-6,8-11,23-26H,7,12-19H2,1-2H3,(H,30,33)/t23?,24?,25-,26?/m0/s1. The van der Waals surface area contributed by atoms with E-state index in [1.807, 2.05) is 50.2 Å². The highest BCUT2D eigenvalue weighted by atomic mass is 16.5. The summed E-state index contributed by atoms with van der Waals surface area (Å²) in [6.45, 7) is 9.37. The molecule has 35 heavy (non-hydrogen) atoms. The molecule has 3 unspecified atom stereocenters. The van der Waals surface area contributed by atoms with E-state index < -0.39 is 0 Å². The van der Waals surface area contributed by atoms with Crippen LogP contribution in [0.2, 0.25) is 0 Å². The first kappa shape index (κ1) is 24.0. The fourth-order valence-electron chi connectivity index (χ4n) is 6.12. The largest absolute Gasteiger partial charge is 0.368 e. The van der Waals surface area contributed by atoms with Crippen LogP contribution in [0.5, 0.6) is 0 Å². The fraction of sp³-hybridized carbons (Fsp3) is 0.517. The monoisotopic (exact) mass is 475 g/mol. The van der Waals surface area contributed by atoms with E-state index in [4.69, 9.17) is 4.74 Å². The predicted molar refractivity (Wildman–Crippen MR) is 136 cm³/mol. The summed E-state index contributed by atoms with van der Waals surface area (Å²) in [5.74, 6) is 1.25. The molecule has 0 radical (unpaired) electrons. The molecular formula is C29H37N3O3. The lowest BCUT2D eigenvalue weighted by atomic mass is 10.0. The van der Waals surface area contributed by atoms with Crippen molar-refractivity contribution >= 4 is 11.8 Å². The minimum Gasteiger partial charge on any atom is -0.368 e. The van der Waals surface area contributed by atoms with Crippen LogP contribution in [-0.4, -0.2) is 67.0 Å². The van der Waals surface area contributed by atoms with Gasteiger partial charge in [-0.3, -0.25) is 9.59 Å². The van der Waals surface area contributed by atoms with Crippen molar-refractivity contribution in [3.8, 4) is 0 Å². The number of amides is 2. The number of ether oxygens (including phenoxy) is 1. The molecular weight excluding hydrogens is 438 g/mol. The summed E-state index contributed by atoms with van der Waals surface area (Å²) in [5, 5.41) is 3.26. The summed E-state index contributed by atoms with van der Waals surface area (Å²) in [7, 11) is 0. The molecule has 2 aromatic rings. The third-order valence-electron chi connectivity index (χ3n) is 8.02. The van der Waals surface area contributed by atoms with Crippen LogP contribution in [0.25, 0.3) is 0 Å². The second-order valence-corrected chi connectivity index (χ2v) is 10.5. The number of fused-ring (bicyclic) bond motifs is 1. The second-order valence-electron chi connectivity index (χ2n) is 10.5. The van der Waals surface area contributed by atoms with Gasteiger partial charge >= 0.3 is 0 Å². The molecule has 0 aromatic heterocycles. The summed E-state index contributed by atoms with van der Waals surface area (Å²) in [6.07, 6.45) is 2.31. The minimum absolute atomic E-state index is 0.00953. The predicted octanol–water partition coefficient (Wildman–Crippen LogP) is 3.73. The van der Waals surface area contributed by atoms with Gasteiger partial charge in [0.2, 0.25) is 5.91 Å². The van der Waals surface area contributed by atoms with Crippen LogP contribution in [0.3, 0.4) is 0 Å². The number of benzene rings is 2. The molecule has 3 saturated heterocycles. The molecule has 6 nitrogen and oxygen atoms in total. The zero-order valence-corrected chi connectivity index (χ0v) is 20.9. The number of carbonyl (C=O) groups excluding carboxylic acids is 2. The van der Waals surface area contributed by atoms with Gasteiger partial charge in [0.25, 0.3) is 5.91 Å². The number of hydrogen-bond donors (Lipinski definition) is 1. The van der Waals surface area contributed by atoms with Crippen molar-refractivity contribution in [3.63, 3.8) is 0 Å². The SMILES string of the molecule is Cc1cccc(C)c1C(=O)N1CC2CN(CC[C@H](NC(=O)C3CCCO3)c3ccccc3)CC2C1. The number of carbonyl (C=O) groups is 2. The van der Waals surface area contributed by atoms with E-state index in [-0.39, 0.29) is 24.0 Å². The van der Waals surface area contributed by atoms with Gasteiger partial charge in [0.15, 0.2) is 0 Å². The van der Waals surface area contributed by atoms with Crippen molar-refractivity contribution in [1.82, 2.24) is 15.1 Å². The smallest absolute Gasteiger partial charge is 0.254 e. The zero-order valence-electron chi connectivity index (χ0n) is 20.9. The third-order valence-corrected chi connectivity index (χ3v) is 8.02. The summed E-state index contributed by atoms with van der Waals surface area (Å²) in [6, 6.07) is 16.3. The fourth-order valence-corrected chi connectivity index (χ4v) is 6.12. The van der Waals surface area contributed by atoms with Crippen molar-refractivity contribution in [2.75, 3.05) is 39.3 Å². The molecule has 186 valence electrons. The van der Waals surface area contributed by atoms with Crippen LogP contribution in [0, 0.1) is 25.7 Å². The molecule has 0 saturated carbocycles. The van der Waals surface area contributed by atoms with E-state index in [0.29, 0.717) is 18.4 Å².